The van der Waals surface area contributed by atoms with E-state index in [2.05, 4.69) is 10.3 Å². The van der Waals surface area contributed by atoms with Crippen molar-refractivity contribution in [2.75, 3.05) is 19.6 Å². The summed E-state index contributed by atoms with van der Waals surface area (Å²) >= 11 is 5.75. The van der Waals surface area contributed by atoms with Gasteiger partial charge in [-0.3, -0.25) is 9.78 Å². The zero-order valence-electron chi connectivity index (χ0n) is 17.3. The molecule has 1 aromatic heterocycles. The van der Waals surface area contributed by atoms with E-state index in [9.17, 15) is 9.18 Å². The number of pyridine rings is 1. The molecule has 0 bridgehead atoms. The quantitative estimate of drug-likeness (QED) is 0.686. The van der Waals surface area contributed by atoms with Crippen molar-refractivity contribution in [2.45, 2.75) is 29.0 Å². The molecule has 32 heavy (non-hydrogen) atoms. The highest BCUT2D eigenvalue weighted by molar-refractivity contribution is 6.58. The van der Waals surface area contributed by atoms with Crippen molar-refractivity contribution in [1.29, 1.82) is 0 Å². The van der Waals surface area contributed by atoms with E-state index in [1.165, 1.54) is 23.2 Å². The second-order valence-electron chi connectivity index (χ2n) is 8.19. The third-order valence-corrected chi connectivity index (χ3v) is 5.84. The number of carbonyl (C=O) groups is 1. The molecule has 2 aromatic rings. The molecule has 1 aliphatic rings. The number of halogens is 3. The van der Waals surface area contributed by atoms with E-state index in [4.69, 9.17) is 50.8 Å². The van der Waals surface area contributed by atoms with Gasteiger partial charge < -0.3 is 10.2 Å². The number of nitrogens with one attached hydrogen (secondary N) is 1. The maximum absolute atomic E-state index is 15.6. The van der Waals surface area contributed by atoms with Gasteiger partial charge in [0.05, 0.1) is 49.9 Å². The molecule has 1 amide bonds. The van der Waals surface area contributed by atoms with Crippen LogP contribution in [0.1, 0.15) is 28.0 Å². The van der Waals surface area contributed by atoms with Crippen molar-refractivity contribution in [3.05, 3.63) is 64.2 Å². The van der Waals surface area contributed by atoms with Crippen molar-refractivity contribution >= 4 is 56.7 Å². The van der Waals surface area contributed by atoms with E-state index >= 15 is 4.39 Å². The fourth-order valence-electron chi connectivity index (χ4n) is 3.49. The third-order valence-electron chi connectivity index (χ3n) is 5.55. The van der Waals surface area contributed by atoms with Gasteiger partial charge in [0, 0.05) is 37.9 Å². The lowest BCUT2D eigenvalue weighted by Crippen LogP contribution is -2.59. The lowest BCUT2D eigenvalue weighted by Gasteiger charge is -2.49. The SMILES string of the molecule is [B]C([B])([B])c1ccc(CNCC2(F)CCN(C(=O)c3ccc(F)c(Cl)c3)CC2([B])[B])nc1. The van der Waals surface area contributed by atoms with E-state index in [1.54, 1.807) is 12.1 Å². The first kappa shape index (κ1) is 24.9. The summed E-state index contributed by atoms with van der Waals surface area (Å²) in [6.45, 7) is -0.0495. The molecule has 10 radical (unpaired) electrons. The Bertz CT molecular complexity index is 990. The van der Waals surface area contributed by atoms with E-state index in [0.29, 0.717) is 11.3 Å². The van der Waals surface area contributed by atoms with Crippen LogP contribution in [0.2, 0.25) is 10.2 Å². The number of amides is 1. The zero-order chi connectivity index (χ0) is 23.7. The van der Waals surface area contributed by atoms with Gasteiger partial charge in [-0.2, -0.15) is 0 Å². The Hall–Kier alpha value is -1.73. The normalized spacial score (nSPS) is 20.8. The number of piperidine rings is 1. The minimum absolute atomic E-state index is 0.0840. The molecule has 1 fully saturated rings. The zero-order valence-corrected chi connectivity index (χ0v) is 18.1. The van der Waals surface area contributed by atoms with Crippen molar-refractivity contribution < 1.29 is 13.6 Å². The smallest absolute Gasteiger partial charge is 0.253 e. The van der Waals surface area contributed by atoms with Gasteiger partial charge >= 0.3 is 0 Å². The number of rotatable bonds is 6. The Morgan fingerprint density at radius 2 is 1.97 bits per heavy atom. The molecule has 0 aliphatic carbocycles. The Morgan fingerprint density at radius 3 is 2.53 bits per heavy atom. The molecule has 1 aromatic carbocycles. The van der Waals surface area contributed by atoms with Crippen LogP contribution in [0.4, 0.5) is 8.78 Å². The minimum atomic E-state index is -1.98. The first-order valence-electron chi connectivity index (χ1n) is 9.86. The van der Waals surface area contributed by atoms with Crippen LogP contribution in [-0.4, -0.2) is 80.3 Å². The van der Waals surface area contributed by atoms with Gasteiger partial charge in [0.15, 0.2) is 0 Å². The molecule has 0 spiro atoms. The number of aromatic nitrogens is 1. The van der Waals surface area contributed by atoms with Crippen LogP contribution in [0.25, 0.3) is 0 Å². The van der Waals surface area contributed by atoms with Crippen LogP contribution in [0.3, 0.4) is 0 Å². The van der Waals surface area contributed by atoms with Gasteiger partial charge in [-0.05, 0) is 41.5 Å². The molecule has 3 rings (SSSR count). The Labute approximate surface area is 198 Å². The van der Waals surface area contributed by atoms with Crippen LogP contribution >= 0.6 is 11.6 Å². The van der Waals surface area contributed by atoms with Gasteiger partial charge in [-0.15, -0.1) is 5.11 Å². The number of hydrogen-bond donors (Lipinski definition) is 1. The molecular formula is C20H17B5ClF2N3O. The average molecular weight is 443 g/mol. The van der Waals surface area contributed by atoms with Gasteiger partial charge in [0.25, 0.3) is 5.91 Å². The van der Waals surface area contributed by atoms with Crippen molar-refractivity contribution in [2.24, 2.45) is 0 Å². The fourth-order valence-corrected chi connectivity index (χ4v) is 3.67. The Balaban J connectivity index is 1.60. The molecule has 2 heterocycles. The van der Waals surface area contributed by atoms with Crippen LogP contribution in [0, 0.1) is 5.82 Å². The number of carbonyl (C=O) groups excluding carboxylic acids is 1. The maximum atomic E-state index is 15.6. The van der Waals surface area contributed by atoms with Crippen molar-refractivity contribution in [3.8, 4) is 0 Å². The van der Waals surface area contributed by atoms with E-state index in [0.717, 1.165) is 6.07 Å². The fraction of sp³-hybridized carbons (Fsp3) is 0.400. The van der Waals surface area contributed by atoms with Crippen LogP contribution in [-0.2, 0) is 11.7 Å². The lowest BCUT2D eigenvalue weighted by atomic mass is 9.40. The molecule has 1 atom stereocenters. The van der Waals surface area contributed by atoms with Gasteiger partial charge in [-0.25, -0.2) is 8.78 Å². The molecule has 154 valence electrons. The summed E-state index contributed by atoms with van der Waals surface area (Å²) in [6, 6.07) is 6.92. The Kier molecular flexibility index (Phi) is 7.21. The molecule has 1 aliphatic heterocycles. The molecule has 1 N–H and O–H groups in total. The summed E-state index contributed by atoms with van der Waals surface area (Å²) in [6.07, 6.45) is 1.36. The monoisotopic (exact) mass is 443 g/mol. The highest BCUT2D eigenvalue weighted by Crippen LogP contribution is 2.43. The topological polar surface area (TPSA) is 45.2 Å². The van der Waals surface area contributed by atoms with Gasteiger partial charge in [-0.1, -0.05) is 17.7 Å². The van der Waals surface area contributed by atoms with Gasteiger partial charge in [0.1, 0.15) is 11.5 Å². The van der Waals surface area contributed by atoms with Crippen LogP contribution in [0.5, 0.6) is 0 Å². The number of alkyl halides is 1. The maximum Gasteiger partial charge on any atom is 0.253 e. The van der Waals surface area contributed by atoms with E-state index in [1.807, 2.05) is 0 Å². The summed E-state index contributed by atoms with van der Waals surface area (Å²) in [5.74, 6) is -1.09. The minimum Gasteiger partial charge on any atom is -0.339 e. The summed E-state index contributed by atoms with van der Waals surface area (Å²) in [4.78, 5) is 18.2. The highest BCUT2D eigenvalue weighted by atomic mass is 35.5. The van der Waals surface area contributed by atoms with Crippen LogP contribution in [0.15, 0.2) is 36.5 Å². The molecule has 1 saturated heterocycles. The molecule has 12 heteroatoms. The summed E-state index contributed by atoms with van der Waals surface area (Å²) < 4.78 is 29.0. The lowest BCUT2D eigenvalue weighted by molar-refractivity contribution is 0.0345. The predicted molar refractivity (Wildman–Crippen MR) is 125 cm³/mol. The predicted octanol–water partition coefficient (Wildman–Crippen LogP) is 1.29. The van der Waals surface area contributed by atoms with Gasteiger partial charge in [0.2, 0.25) is 0 Å². The third kappa shape index (κ3) is 5.42. The van der Waals surface area contributed by atoms with Crippen molar-refractivity contribution in [3.63, 3.8) is 0 Å². The first-order valence-corrected chi connectivity index (χ1v) is 10.2. The second-order valence-corrected chi connectivity index (χ2v) is 8.59. The van der Waals surface area contributed by atoms with E-state index in [-0.39, 0.29) is 43.2 Å². The first-order chi connectivity index (χ1) is 14.8. The summed E-state index contributed by atoms with van der Waals surface area (Å²) in [5, 5.41) is -0.526. The Morgan fingerprint density at radius 1 is 1.25 bits per heavy atom. The number of likely N-dealkylation sites (tertiary alicyclic amines) is 1. The van der Waals surface area contributed by atoms with Crippen molar-refractivity contribution in [1.82, 2.24) is 15.2 Å². The van der Waals surface area contributed by atoms with Crippen LogP contribution < -0.4 is 5.32 Å². The molecule has 1 unspecified atom stereocenters. The molecule has 4 nitrogen and oxygen atoms in total. The number of hydrogen-bond acceptors (Lipinski definition) is 3. The second kappa shape index (κ2) is 9.26. The average Bonchev–Trinajstić information content (AvgIpc) is 2.71. The molecule has 0 saturated carbocycles. The van der Waals surface area contributed by atoms with E-state index < -0.39 is 27.7 Å². The number of benzene rings is 1. The summed E-state index contributed by atoms with van der Waals surface area (Å²) in [7, 11) is 29.0. The number of nitrogens with zero attached hydrogens (tertiary/aromatic N) is 2. The standard InChI is InChI=1S/C20H17B5ClF2N3O/c21-19(22)11-31(17(32)12-1-4-16(27)15(26)7-12)6-5-18(19,28)10-29-9-14-3-2-13(8-30-14)20(23,24)25/h1-4,7-8,29H,5-6,9-11H2. The summed E-state index contributed by atoms with van der Waals surface area (Å²) in [5.41, 5.74) is -0.749. The highest BCUT2D eigenvalue weighted by Gasteiger charge is 2.49. The largest absolute Gasteiger partial charge is 0.339 e. The molecular weight excluding hydrogens is 426 g/mol.